The van der Waals surface area contributed by atoms with Gasteiger partial charge >= 0.3 is 0 Å². The predicted molar refractivity (Wildman–Crippen MR) is 190 cm³/mol. The third kappa shape index (κ3) is 3.43. The Labute approximate surface area is 265 Å². The molecular formula is C43H28N2O. The Morgan fingerprint density at radius 3 is 2.02 bits per heavy atom. The van der Waals surface area contributed by atoms with E-state index in [9.17, 15) is 0 Å². The number of benzene rings is 7. The van der Waals surface area contributed by atoms with E-state index in [2.05, 4.69) is 141 Å². The van der Waals surface area contributed by atoms with E-state index in [0.29, 0.717) is 0 Å². The highest BCUT2D eigenvalue weighted by molar-refractivity contribution is 6.13. The molecule has 3 heteroatoms. The Balaban J connectivity index is 1.23. The summed E-state index contributed by atoms with van der Waals surface area (Å²) in [5.41, 5.74) is 10.8. The van der Waals surface area contributed by atoms with E-state index in [1.54, 1.807) is 0 Å². The minimum absolute atomic E-state index is 0.152. The van der Waals surface area contributed by atoms with Gasteiger partial charge in [-0.3, -0.25) is 0 Å². The number of fused-ring (bicyclic) bond motifs is 10. The maximum atomic E-state index is 6.82. The fourth-order valence-corrected chi connectivity index (χ4v) is 7.89. The average Bonchev–Trinajstić information content (AvgIpc) is 3.58. The number of furan rings is 1. The second-order valence-corrected chi connectivity index (χ2v) is 13.0. The molecule has 0 unspecified atom stereocenters. The Bertz CT molecular complexity index is 2680. The van der Waals surface area contributed by atoms with Crippen molar-refractivity contribution in [2.75, 3.05) is 0 Å². The Morgan fingerprint density at radius 2 is 1.22 bits per heavy atom. The van der Waals surface area contributed by atoms with E-state index < -0.39 is 0 Å². The molecule has 0 amide bonds. The quantitative estimate of drug-likeness (QED) is 0.189. The molecule has 0 radical (unpaired) electrons. The highest BCUT2D eigenvalue weighted by Gasteiger charge is 2.38. The number of nitrogens with zero attached hydrogens (tertiary/aromatic N) is 2. The number of para-hydroxylation sites is 1. The third-order valence-electron chi connectivity index (χ3n) is 10.0. The first-order valence-corrected chi connectivity index (χ1v) is 15.8. The zero-order chi connectivity index (χ0) is 30.6. The monoisotopic (exact) mass is 588 g/mol. The minimum Gasteiger partial charge on any atom is -0.456 e. The summed E-state index contributed by atoms with van der Waals surface area (Å²) in [6.45, 7) is 4.61. The predicted octanol–water partition coefficient (Wildman–Crippen LogP) is 11.5. The van der Waals surface area contributed by atoms with E-state index >= 15 is 0 Å². The van der Waals surface area contributed by atoms with Gasteiger partial charge in [-0.2, -0.15) is 0 Å². The first-order chi connectivity index (χ1) is 22.6. The summed E-state index contributed by atoms with van der Waals surface area (Å²) in [5.74, 6) is 0.726. The van der Waals surface area contributed by atoms with Crippen LogP contribution in [0.25, 0.3) is 88.2 Å². The van der Waals surface area contributed by atoms with Crippen LogP contribution >= 0.6 is 0 Å². The van der Waals surface area contributed by atoms with Crippen LogP contribution in [0, 0.1) is 0 Å². The molecule has 0 saturated heterocycles. The summed E-state index contributed by atoms with van der Waals surface area (Å²) in [5, 5.41) is 7.93. The van der Waals surface area contributed by atoms with Gasteiger partial charge in [0.25, 0.3) is 0 Å². The van der Waals surface area contributed by atoms with Crippen LogP contribution in [-0.4, -0.2) is 9.97 Å². The zero-order valence-corrected chi connectivity index (χ0v) is 25.5. The summed E-state index contributed by atoms with van der Waals surface area (Å²) >= 11 is 0. The molecule has 0 bridgehead atoms. The second-order valence-electron chi connectivity index (χ2n) is 13.0. The highest BCUT2D eigenvalue weighted by atomic mass is 16.3. The topological polar surface area (TPSA) is 38.9 Å². The summed E-state index contributed by atoms with van der Waals surface area (Å²) in [7, 11) is 0. The molecule has 216 valence electrons. The van der Waals surface area contributed by atoms with Gasteiger partial charge in [-0.25, -0.2) is 9.97 Å². The molecule has 0 fully saturated rings. The van der Waals surface area contributed by atoms with Crippen molar-refractivity contribution < 1.29 is 4.42 Å². The molecule has 9 aromatic rings. The molecule has 1 aliphatic carbocycles. The lowest BCUT2D eigenvalue weighted by atomic mass is 9.82. The summed E-state index contributed by atoms with van der Waals surface area (Å²) in [6, 6.07) is 47.4. The lowest BCUT2D eigenvalue weighted by Gasteiger charge is -2.21. The third-order valence-corrected chi connectivity index (χ3v) is 10.0. The van der Waals surface area contributed by atoms with Gasteiger partial charge in [-0.1, -0.05) is 117 Å². The van der Waals surface area contributed by atoms with E-state index in [-0.39, 0.29) is 5.41 Å². The Morgan fingerprint density at radius 1 is 0.543 bits per heavy atom. The zero-order valence-electron chi connectivity index (χ0n) is 25.5. The fraction of sp³-hybridized carbons (Fsp3) is 0.0698. The summed E-state index contributed by atoms with van der Waals surface area (Å²) in [4.78, 5) is 10.5. The average molecular weight is 589 g/mol. The number of hydrogen-bond donors (Lipinski definition) is 0. The van der Waals surface area contributed by atoms with Gasteiger partial charge in [-0.15, -0.1) is 0 Å². The van der Waals surface area contributed by atoms with Crippen molar-refractivity contribution in [3.8, 4) is 33.8 Å². The number of rotatable bonds is 2. The first kappa shape index (κ1) is 25.5. The van der Waals surface area contributed by atoms with Gasteiger partial charge in [0.1, 0.15) is 11.2 Å². The molecular weight excluding hydrogens is 560 g/mol. The summed E-state index contributed by atoms with van der Waals surface area (Å²) in [6.07, 6.45) is 0. The fourth-order valence-electron chi connectivity index (χ4n) is 7.89. The number of aromatic nitrogens is 2. The lowest BCUT2D eigenvalue weighted by Crippen LogP contribution is -2.15. The van der Waals surface area contributed by atoms with Crippen molar-refractivity contribution in [1.29, 1.82) is 0 Å². The number of hydrogen-bond acceptors (Lipinski definition) is 3. The van der Waals surface area contributed by atoms with Crippen LogP contribution in [0.15, 0.2) is 138 Å². The molecule has 46 heavy (non-hydrogen) atoms. The first-order valence-electron chi connectivity index (χ1n) is 15.8. The van der Waals surface area contributed by atoms with Crippen molar-refractivity contribution in [2.45, 2.75) is 19.3 Å². The smallest absolute Gasteiger partial charge is 0.161 e. The lowest BCUT2D eigenvalue weighted by molar-refractivity contribution is 0.620. The summed E-state index contributed by atoms with van der Waals surface area (Å²) < 4.78 is 6.82. The van der Waals surface area contributed by atoms with Crippen LogP contribution in [0.5, 0.6) is 0 Å². The molecule has 1 aliphatic rings. The molecule has 0 saturated carbocycles. The van der Waals surface area contributed by atoms with Crippen LogP contribution in [-0.2, 0) is 5.41 Å². The van der Waals surface area contributed by atoms with E-state index in [0.717, 1.165) is 66.3 Å². The van der Waals surface area contributed by atoms with Crippen molar-refractivity contribution in [1.82, 2.24) is 9.97 Å². The van der Waals surface area contributed by atoms with E-state index in [4.69, 9.17) is 14.4 Å². The van der Waals surface area contributed by atoms with Crippen molar-refractivity contribution in [3.63, 3.8) is 0 Å². The SMILES string of the molecule is CC1(C)c2ccccc2-c2ccc3c(oc4cc(-c5nc(-c6c7ccccc7cc7ccccc67)nc6ccccc56)ccc43)c21. The largest absolute Gasteiger partial charge is 0.456 e. The van der Waals surface area contributed by atoms with Crippen LogP contribution in [0.3, 0.4) is 0 Å². The van der Waals surface area contributed by atoms with Gasteiger partial charge in [0, 0.05) is 38.3 Å². The van der Waals surface area contributed by atoms with Crippen molar-refractivity contribution in [3.05, 3.63) is 145 Å². The maximum Gasteiger partial charge on any atom is 0.161 e. The van der Waals surface area contributed by atoms with Crippen LogP contribution in [0.2, 0.25) is 0 Å². The standard InChI is InChI=1S/C43H28N2O/c1-43(2)35-17-9-7-15-30(35)32-21-22-33-31-20-19-27(24-37(31)46-41(33)39(32)43)40-34-16-8-10-18-36(34)44-42(45-40)38-28-13-5-3-11-25(28)23-26-12-4-6-14-29(26)38/h3-24H,1-2H3. The Hall–Kier alpha value is -5.80. The van der Waals surface area contributed by atoms with Crippen LogP contribution in [0.1, 0.15) is 25.0 Å². The molecule has 0 spiro atoms. The maximum absolute atomic E-state index is 6.82. The molecule has 0 N–H and O–H groups in total. The molecule has 3 nitrogen and oxygen atoms in total. The normalized spacial score (nSPS) is 13.6. The molecule has 7 aromatic carbocycles. The molecule has 2 aromatic heterocycles. The van der Waals surface area contributed by atoms with E-state index in [1.165, 1.54) is 33.0 Å². The van der Waals surface area contributed by atoms with E-state index in [1.807, 2.05) is 6.07 Å². The van der Waals surface area contributed by atoms with Gasteiger partial charge < -0.3 is 4.42 Å². The van der Waals surface area contributed by atoms with Gasteiger partial charge in [0.15, 0.2) is 5.82 Å². The van der Waals surface area contributed by atoms with Crippen molar-refractivity contribution in [2.24, 2.45) is 0 Å². The molecule has 10 rings (SSSR count). The van der Waals surface area contributed by atoms with Gasteiger partial charge in [0.05, 0.1) is 11.2 Å². The Kier molecular flexibility index (Phi) is 5.06. The molecule has 2 heterocycles. The molecule has 0 aliphatic heterocycles. The van der Waals surface area contributed by atoms with Crippen molar-refractivity contribution >= 4 is 54.4 Å². The van der Waals surface area contributed by atoms with Crippen LogP contribution < -0.4 is 0 Å². The van der Waals surface area contributed by atoms with Gasteiger partial charge in [0.2, 0.25) is 0 Å². The highest BCUT2D eigenvalue weighted by Crippen LogP contribution is 2.52. The van der Waals surface area contributed by atoms with Crippen LogP contribution in [0.4, 0.5) is 0 Å². The molecule has 0 atom stereocenters. The second kappa shape index (κ2) is 9.12. The van der Waals surface area contributed by atoms with Gasteiger partial charge in [-0.05, 0) is 68.6 Å². The minimum atomic E-state index is -0.152.